The summed E-state index contributed by atoms with van der Waals surface area (Å²) in [4.78, 5) is 18.6. The Labute approximate surface area is 184 Å². The Kier molecular flexibility index (Phi) is 5.42. The maximum Gasteiger partial charge on any atom is 0.256 e. The second kappa shape index (κ2) is 7.89. The van der Waals surface area contributed by atoms with Gasteiger partial charge < -0.3 is 5.32 Å². The third kappa shape index (κ3) is 4.13. The summed E-state index contributed by atoms with van der Waals surface area (Å²) in [7, 11) is 0. The lowest BCUT2D eigenvalue weighted by Gasteiger charge is -2.18. The summed E-state index contributed by atoms with van der Waals surface area (Å²) in [5.41, 5.74) is 3.70. The van der Waals surface area contributed by atoms with Crippen molar-refractivity contribution < 1.29 is 4.79 Å². The van der Waals surface area contributed by atoms with Crippen LogP contribution in [0.5, 0.6) is 0 Å². The van der Waals surface area contributed by atoms with Gasteiger partial charge in [-0.05, 0) is 60.6 Å². The molecule has 0 unspecified atom stereocenters. The van der Waals surface area contributed by atoms with Gasteiger partial charge in [-0.3, -0.25) is 4.79 Å². The van der Waals surface area contributed by atoms with Crippen molar-refractivity contribution >= 4 is 45.0 Å². The molecule has 1 N–H and O–H groups in total. The molecular weight excluding hydrogens is 412 g/mol. The SMILES string of the molecule is CSc1ccc(C(=O)Nc2cc(C)nn2-c2nc3ccc(C(C)(C)C)cc3s2)cc1. The molecule has 4 aromatic rings. The van der Waals surface area contributed by atoms with E-state index >= 15 is 0 Å². The number of nitrogens with one attached hydrogen (secondary N) is 1. The molecule has 2 heterocycles. The molecule has 4 rings (SSSR count). The highest BCUT2D eigenvalue weighted by Crippen LogP contribution is 2.31. The first kappa shape index (κ1) is 20.6. The molecule has 0 fully saturated rings. The number of hydrogen-bond acceptors (Lipinski definition) is 5. The Hall–Kier alpha value is -2.64. The summed E-state index contributed by atoms with van der Waals surface area (Å²) in [6.07, 6.45) is 2.01. The number of carbonyl (C=O) groups is 1. The number of carbonyl (C=O) groups excluding carboxylic acids is 1. The molecular formula is C23H24N4OS2. The van der Waals surface area contributed by atoms with Gasteiger partial charge in [-0.15, -0.1) is 11.8 Å². The zero-order valence-electron chi connectivity index (χ0n) is 17.7. The number of aryl methyl sites for hydroxylation is 1. The number of thiazole rings is 1. The Morgan fingerprint density at radius 1 is 1.10 bits per heavy atom. The molecule has 0 radical (unpaired) electrons. The monoisotopic (exact) mass is 436 g/mol. The van der Waals surface area contributed by atoms with Crippen LogP contribution in [0.1, 0.15) is 42.4 Å². The molecule has 0 aliphatic heterocycles. The van der Waals surface area contributed by atoms with Crippen LogP contribution in [0.4, 0.5) is 5.82 Å². The van der Waals surface area contributed by atoms with Gasteiger partial charge in [-0.2, -0.15) is 9.78 Å². The number of hydrogen-bond donors (Lipinski definition) is 1. The molecule has 1 amide bonds. The topological polar surface area (TPSA) is 59.8 Å². The number of anilines is 1. The Morgan fingerprint density at radius 3 is 2.50 bits per heavy atom. The molecule has 30 heavy (non-hydrogen) atoms. The third-order valence-electron chi connectivity index (χ3n) is 4.85. The number of nitrogens with zero attached hydrogens (tertiary/aromatic N) is 3. The number of rotatable bonds is 4. The molecule has 0 saturated carbocycles. The van der Waals surface area contributed by atoms with Crippen LogP contribution in [0.2, 0.25) is 0 Å². The number of thioether (sulfide) groups is 1. The molecule has 154 valence electrons. The van der Waals surface area contributed by atoms with Gasteiger partial charge in [0.15, 0.2) is 0 Å². The van der Waals surface area contributed by atoms with Crippen molar-refractivity contribution in [1.82, 2.24) is 14.8 Å². The van der Waals surface area contributed by atoms with Crippen LogP contribution < -0.4 is 5.32 Å². The first-order chi connectivity index (χ1) is 14.2. The fourth-order valence-electron chi connectivity index (χ4n) is 3.13. The van der Waals surface area contributed by atoms with E-state index in [-0.39, 0.29) is 11.3 Å². The highest BCUT2D eigenvalue weighted by Gasteiger charge is 2.18. The van der Waals surface area contributed by atoms with Crippen LogP contribution >= 0.6 is 23.1 Å². The summed E-state index contributed by atoms with van der Waals surface area (Å²) < 4.78 is 2.82. The van der Waals surface area contributed by atoms with Gasteiger partial charge in [0.2, 0.25) is 5.13 Å². The van der Waals surface area contributed by atoms with Gasteiger partial charge >= 0.3 is 0 Å². The zero-order valence-corrected chi connectivity index (χ0v) is 19.3. The van der Waals surface area contributed by atoms with Crippen molar-refractivity contribution in [3.05, 3.63) is 65.4 Å². The Bertz CT molecular complexity index is 1220. The summed E-state index contributed by atoms with van der Waals surface area (Å²) in [6, 6.07) is 15.8. The highest BCUT2D eigenvalue weighted by atomic mass is 32.2. The minimum atomic E-state index is -0.167. The van der Waals surface area contributed by atoms with Crippen LogP contribution in [0, 0.1) is 6.92 Å². The molecule has 0 aliphatic rings. The number of fused-ring (bicyclic) bond motifs is 1. The summed E-state index contributed by atoms with van der Waals surface area (Å²) >= 11 is 3.22. The van der Waals surface area contributed by atoms with Crippen molar-refractivity contribution in [3.63, 3.8) is 0 Å². The average Bonchev–Trinajstić information content (AvgIpc) is 3.29. The van der Waals surface area contributed by atoms with Gasteiger partial charge in [-0.25, -0.2) is 4.98 Å². The van der Waals surface area contributed by atoms with E-state index in [1.54, 1.807) is 27.8 Å². The van der Waals surface area contributed by atoms with E-state index in [0.717, 1.165) is 25.9 Å². The largest absolute Gasteiger partial charge is 0.306 e. The predicted octanol–water partition coefficient (Wildman–Crippen LogP) is 6.06. The summed E-state index contributed by atoms with van der Waals surface area (Å²) in [5, 5.41) is 8.29. The first-order valence-electron chi connectivity index (χ1n) is 9.68. The van der Waals surface area contributed by atoms with Crippen molar-refractivity contribution in [1.29, 1.82) is 0 Å². The number of benzene rings is 2. The average molecular weight is 437 g/mol. The zero-order chi connectivity index (χ0) is 21.5. The van der Waals surface area contributed by atoms with Crippen LogP contribution in [0.3, 0.4) is 0 Å². The van der Waals surface area contributed by atoms with Gasteiger partial charge in [0.1, 0.15) is 5.82 Å². The Balaban J connectivity index is 1.66. The second-order valence-corrected chi connectivity index (χ2v) is 10.1. The fraction of sp³-hybridized carbons (Fsp3) is 0.261. The lowest BCUT2D eigenvalue weighted by atomic mass is 9.87. The van der Waals surface area contributed by atoms with Gasteiger partial charge in [0.05, 0.1) is 15.9 Å². The van der Waals surface area contributed by atoms with Gasteiger partial charge in [-0.1, -0.05) is 38.2 Å². The highest BCUT2D eigenvalue weighted by molar-refractivity contribution is 7.98. The fourth-order valence-corrected chi connectivity index (χ4v) is 4.51. The minimum Gasteiger partial charge on any atom is -0.306 e. The van der Waals surface area contributed by atoms with Crippen molar-refractivity contribution in [3.8, 4) is 5.13 Å². The molecule has 0 aliphatic carbocycles. The van der Waals surface area contributed by atoms with E-state index in [9.17, 15) is 4.79 Å². The van der Waals surface area contributed by atoms with E-state index in [1.165, 1.54) is 5.56 Å². The van der Waals surface area contributed by atoms with E-state index in [0.29, 0.717) is 11.4 Å². The lowest BCUT2D eigenvalue weighted by Crippen LogP contribution is -2.15. The standard InChI is InChI=1S/C23H24N4OS2/c1-14-12-20(25-21(28)15-6-9-17(29-5)10-7-15)27(26-14)22-24-18-11-8-16(23(2,3)4)13-19(18)30-22/h6-13H,1-5H3,(H,25,28). The van der Waals surface area contributed by atoms with E-state index in [4.69, 9.17) is 4.98 Å². The predicted molar refractivity (Wildman–Crippen MR) is 126 cm³/mol. The van der Waals surface area contributed by atoms with E-state index in [2.05, 4.69) is 49.4 Å². The van der Waals surface area contributed by atoms with E-state index in [1.807, 2.05) is 43.5 Å². The second-order valence-electron chi connectivity index (χ2n) is 8.19. The van der Waals surface area contributed by atoms with Crippen LogP contribution in [0.25, 0.3) is 15.3 Å². The van der Waals surface area contributed by atoms with Crippen LogP contribution in [-0.4, -0.2) is 26.9 Å². The molecule has 0 bridgehead atoms. The van der Waals surface area contributed by atoms with Crippen LogP contribution in [0.15, 0.2) is 53.4 Å². The Morgan fingerprint density at radius 2 is 1.83 bits per heavy atom. The maximum absolute atomic E-state index is 12.8. The molecule has 0 spiro atoms. The summed E-state index contributed by atoms with van der Waals surface area (Å²) in [5.74, 6) is 0.446. The molecule has 7 heteroatoms. The normalized spacial score (nSPS) is 11.8. The van der Waals surface area contributed by atoms with E-state index < -0.39 is 0 Å². The minimum absolute atomic E-state index is 0.0750. The first-order valence-corrected chi connectivity index (χ1v) is 11.7. The molecule has 0 saturated heterocycles. The quantitative estimate of drug-likeness (QED) is 0.395. The third-order valence-corrected chi connectivity index (χ3v) is 6.59. The smallest absolute Gasteiger partial charge is 0.256 e. The number of aromatic nitrogens is 3. The molecule has 0 atom stereocenters. The lowest BCUT2D eigenvalue weighted by molar-refractivity contribution is 0.102. The molecule has 2 aromatic heterocycles. The van der Waals surface area contributed by atoms with Gasteiger partial charge in [0.25, 0.3) is 5.91 Å². The van der Waals surface area contributed by atoms with Crippen molar-refractivity contribution in [2.45, 2.75) is 38.0 Å². The summed E-state index contributed by atoms with van der Waals surface area (Å²) in [6.45, 7) is 8.51. The van der Waals surface area contributed by atoms with Crippen molar-refractivity contribution in [2.24, 2.45) is 0 Å². The maximum atomic E-state index is 12.8. The molecule has 5 nitrogen and oxygen atoms in total. The number of amides is 1. The van der Waals surface area contributed by atoms with Crippen LogP contribution in [-0.2, 0) is 5.41 Å². The van der Waals surface area contributed by atoms with Crippen molar-refractivity contribution in [2.75, 3.05) is 11.6 Å². The van der Waals surface area contributed by atoms with Gasteiger partial charge in [0, 0.05) is 16.5 Å². The molecule has 2 aromatic carbocycles.